The molecular weight excluding hydrogens is 610 g/mol. The Hall–Kier alpha value is 1.79. The van der Waals surface area contributed by atoms with Gasteiger partial charge in [0.1, 0.15) is 14.9 Å². The number of nitrogens with zero attached hydrogens (tertiary/aromatic N) is 1. The van der Waals surface area contributed by atoms with Gasteiger partial charge in [-0.15, -0.1) is 0 Å². The molecule has 0 aliphatic heterocycles. The topological polar surface area (TPSA) is 198 Å². The summed E-state index contributed by atoms with van der Waals surface area (Å²) in [5.74, 6) is -9.37. The molecule has 0 aromatic rings. The predicted octanol–water partition coefficient (Wildman–Crippen LogP) is -11.7. The maximum Gasteiger partial charge on any atom is 1.00 e. The summed E-state index contributed by atoms with van der Waals surface area (Å²) < 4.78 is 32.3. The van der Waals surface area contributed by atoms with Crippen LogP contribution < -0.4 is 134 Å². The van der Waals surface area contributed by atoms with E-state index in [4.69, 9.17) is 0 Å². The minimum atomic E-state index is -6.28. The van der Waals surface area contributed by atoms with Crippen LogP contribution in [0.5, 0.6) is 0 Å². The molecule has 1 unspecified atom stereocenters. The van der Waals surface area contributed by atoms with Gasteiger partial charge in [0.2, 0.25) is 5.91 Å². The molecule has 0 heterocycles. The van der Waals surface area contributed by atoms with Crippen LogP contribution in [0.25, 0.3) is 0 Å². The van der Waals surface area contributed by atoms with E-state index in [0.29, 0.717) is 12.8 Å². The van der Waals surface area contributed by atoms with E-state index in [9.17, 15) is 47.5 Å². The third kappa shape index (κ3) is 16.6. The van der Waals surface area contributed by atoms with Gasteiger partial charge < -0.3 is 39.2 Å². The first-order valence-electron chi connectivity index (χ1n) is 13.6. The zero-order chi connectivity index (χ0) is 29.4. The summed E-state index contributed by atoms with van der Waals surface area (Å²) in [5, 5.41) is 35.4. The fraction of sp³-hybridized carbons (Fsp3) is 0.846. The second-order valence-electron chi connectivity index (χ2n) is 10.1. The van der Waals surface area contributed by atoms with Crippen molar-refractivity contribution in [3.05, 3.63) is 0 Å². The third-order valence-corrected chi connectivity index (χ3v) is 8.77. The third-order valence-electron chi connectivity index (χ3n) is 7.20. The molecule has 222 valence electrons. The maximum atomic E-state index is 13.2. The maximum absolute atomic E-state index is 13.2. The minimum absolute atomic E-state index is 0. The molecule has 0 saturated carbocycles. The van der Waals surface area contributed by atoms with Crippen LogP contribution in [0.2, 0.25) is 0 Å². The second kappa shape index (κ2) is 27.9. The molecule has 0 bridgehead atoms. The number of carboxylic acids is 3. The first kappa shape index (κ1) is 53.3. The van der Waals surface area contributed by atoms with Crippen LogP contribution in [0.4, 0.5) is 0 Å². The van der Waals surface area contributed by atoms with Crippen molar-refractivity contribution in [1.82, 2.24) is 4.90 Å². The van der Waals surface area contributed by atoms with E-state index in [1.54, 1.807) is 0 Å². The molecule has 0 saturated heterocycles. The molecule has 0 aliphatic carbocycles. The van der Waals surface area contributed by atoms with Crippen molar-refractivity contribution in [2.75, 3.05) is 13.1 Å². The van der Waals surface area contributed by atoms with Gasteiger partial charge in [-0.25, -0.2) is 8.42 Å². The van der Waals surface area contributed by atoms with Crippen molar-refractivity contribution in [2.45, 2.75) is 122 Å². The number of unbranched alkanes of at least 4 members (excludes halogenated alkanes) is 12. The largest absolute Gasteiger partial charge is 1.00 e. The summed E-state index contributed by atoms with van der Waals surface area (Å²) in [5.41, 5.74) is -3.88. The zero-order valence-corrected chi connectivity index (χ0v) is 35.8. The van der Waals surface area contributed by atoms with E-state index in [0.717, 1.165) is 77.0 Å². The molecule has 16 heteroatoms. The minimum Gasteiger partial charge on any atom is -0.747 e. The monoisotopic (exact) mass is 653 g/mol. The number of hydrogen-bond donors (Lipinski definition) is 0. The average molecular weight is 654 g/mol. The number of aliphatic carboxylic acids is 3. The number of amides is 1. The normalized spacial score (nSPS) is 12.3. The first-order valence-corrected chi connectivity index (χ1v) is 15.0. The van der Waals surface area contributed by atoms with Crippen LogP contribution in [0, 0.1) is 5.41 Å². The van der Waals surface area contributed by atoms with Gasteiger partial charge in [-0.1, -0.05) is 90.9 Å². The molecule has 1 atom stereocenters. The van der Waals surface area contributed by atoms with E-state index in [-0.39, 0.29) is 138 Å². The molecule has 42 heavy (non-hydrogen) atoms. The summed E-state index contributed by atoms with van der Waals surface area (Å²) in [6, 6.07) is 0. The molecule has 0 spiro atoms. The number of carboxylic acid groups (broad SMARTS) is 3. The fourth-order valence-corrected chi connectivity index (χ4v) is 5.68. The van der Waals surface area contributed by atoms with E-state index < -0.39 is 50.5 Å². The Balaban J connectivity index is -0.00000114. The summed E-state index contributed by atoms with van der Waals surface area (Å²) in [4.78, 5) is 49.8. The van der Waals surface area contributed by atoms with Gasteiger partial charge in [0.15, 0.2) is 0 Å². The molecular formula is C26H43NNa4O10S. The van der Waals surface area contributed by atoms with Crippen LogP contribution in [0.1, 0.15) is 117 Å². The molecule has 0 aromatic heterocycles. The number of carbonyl (C=O) groups is 4. The number of carbonyl (C=O) groups excluding carboxylic acids is 4. The Labute approximate surface area is 340 Å². The van der Waals surface area contributed by atoms with Crippen molar-refractivity contribution in [2.24, 2.45) is 5.41 Å². The molecule has 0 radical (unpaired) electrons. The molecule has 1 amide bonds. The van der Waals surface area contributed by atoms with Gasteiger partial charge >= 0.3 is 118 Å². The zero-order valence-electron chi connectivity index (χ0n) is 27.0. The fourth-order valence-electron chi connectivity index (χ4n) is 4.51. The molecule has 0 rings (SSSR count). The molecule has 0 aliphatic rings. The Morgan fingerprint density at radius 2 is 0.905 bits per heavy atom. The molecule has 0 fully saturated rings. The second-order valence-corrected chi connectivity index (χ2v) is 11.7. The molecule has 0 aromatic carbocycles. The van der Waals surface area contributed by atoms with E-state index in [1.807, 2.05) is 0 Å². The van der Waals surface area contributed by atoms with Crippen molar-refractivity contribution >= 4 is 33.9 Å². The van der Waals surface area contributed by atoms with Gasteiger partial charge in [0.25, 0.3) is 0 Å². The average Bonchev–Trinajstić information content (AvgIpc) is 2.82. The van der Waals surface area contributed by atoms with Crippen LogP contribution in [0.15, 0.2) is 0 Å². The van der Waals surface area contributed by atoms with E-state index in [1.165, 1.54) is 4.90 Å². The standard InChI is InChI=1S/C26H47NO10S.4Na/c1-4-6-8-10-12-13-15-17-19-27(18-16-14-11-9-7-5-2)21(28)20-26(24(33)34,38(35,36)37)25(3,22(29)30)23(31)32;;;;/h4-20H2,1-3H3,(H,29,30)(H,31,32)(H,33,34)(H,35,36,37);;;;/q;4*+1/p-4. The van der Waals surface area contributed by atoms with Gasteiger partial charge in [-0.2, -0.15) is 0 Å². The van der Waals surface area contributed by atoms with E-state index in [2.05, 4.69) is 13.8 Å². The van der Waals surface area contributed by atoms with Gasteiger partial charge in [-0.05, 0) is 19.8 Å². The van der Waals surface area contributed by atoms with E-state index >= 15 is 0 Å². The van der Waals surface area contributed by atoms with Crippen LogP contribution in [-0.2, 0) is 29.3 Å². The van der Waals surface area contributed by atoms with Gasteiger partial charge in [-0.3, -0.25) is 4.79 Å². The van der Waals surface area contributed by atoms with Crippen LogP contribution >= 0.6 is 0 Å². The van der Waals surface area contributed by atoms with Crippen LogP contribution in [-0.4, -0.2) is 59.5 Å². The van der Waals surface area contributed by atoms with Crippen molar-refractivity contribution in [1.29, 1.82) is 0 Å². The Morgan fingerprint density at radius 1 is 0.595 bits per heavy atom. The molecule has 11 nitrogen and oxygen atoms in total. The summed E-state index contributed by atoms with van der Waals surface area (Å²) in [7, 11) is -6.28. The summed E-state index contributed by atoms with van der Waals surface area (Å²) in [6.45, 7) is 4.57. The number of rotatable bonds is 23. The smallest absolute Gasteiger partial charge is 0.747 e. The number of hydrogen-bond acceptors (Lipinski definition) is 10. The summed E-state index contributed by atoms with van der Waals surface area (Å²) in [6.07, 6.45) is 11.1. The van der Waals surface area contributed by atoms with Gasteiger partial charge in [0.05, 0.1) is 29.7 Å². The van der Waals surface area contributed by atoms with Crippen LogP contribution in [0.3, 0.4) is 0 Å². The Kier molecular flexibility index (Phi) is 35.3. The molecule has 0 N–H and O–H groups in total. The van der Waals surface area contributed by atoms with Crippen molar-refractivity contribution in [3.8, 4) is 0 Å². The predicted molar refractivity (Wildman–Crippen MR) is 133 cm³/mol. The van der Waals surface area contributed by atoms with Crippen molar-refractivity contribution in [3.63, 3.8) is 0 Å². The summed E-state index contributed by atoms with van der Waals surface area (Å²) >= 11 is 0. The quantitative estimate of drug-likeness (QED) is 0.0442. The Morgan fingerprint density at radius 3 is 1.17 bits per heavy atom. The SMILES string of the molecule is CCCCCCCCCCN(CCCCCCCC)C(=O)CC(C(=O)[O-])(C(C)(C(=O)[O-])C(=O)[O-])S(=O)(=O)[O-].[Na+].[Na+].[Na+].[Na+]. The van der Waals surface area contributed by atoms with Gasteiger partial charge in [0, 0.05) is 13.1 Å². The van der Waals surface area contributed by atoms with Crippen molar-refractivity contribution < 1.29 is 166 Å². The first-order chi connectivity index (χ1) is 17.7. The Bertz CT molecular complexity index is 878.